The first-order valence-corrected chi connectivity index (χ1v) is 9.92. The van der Waals surface area contributed by atoms with E-state index in [1.165, 1.54) is 25.7 Å². The minimum atomic E-state index is -0.421. The Balaban J connectivity index is 1.65. The number of amides is 1. The lowest BCUT2D eigenvalue weighted by Crippen LogP contribution is -2.44. The molecule has 3 heterocycles. The summed E-state index contributed by atoms with van der Waals surface area (Å²) in [4.78, 5) is 23.5. The van der Waals surface area contributed by atoms with Crippen molar-refractivity contribution in [3.63, 3.8) is 0 Å². The average Bonchev–Trinajstić information content (AvgIpc) is 3.21. The van der Waals surface area contributed by atoms with E-state index >= 15 is 0 Å². The highest BCUT2D eigenvalue weighted by Crippen LogP contribution is 2.29. The smallest absolute Gasteiger partial charge is 0.248 e. The summed E-state index contributed by atoms with van der Waals surface area (Å²) in [6.07, 6.45) is 8.14. The maximum Gasteiger partial charge on any atom is 0.248 e. The summed E-state index contributed by atoms with van der Waals surface area (Å²) in [5.41, 5.74) is 8.98. The number of primary amides is 1. The van der Waals surface area contributed by atoms with Gasteiger partial charge in [0.15, 0.2) is 0 Å². The Morgan fingerprint density at radius 3 is 2.70 bits per heavy atom. The average molecular weight is 365 g/mol. The first-order valence-electron chi connectivity index (χ1n) is 9.92. The molecule has 0 aromatic carbocycles. The van der Waals surface area contributed by atoms with Crippen molar-refractivity contribution in [3.05, 3.63) is 41.7 Å². The topological polar surface area (TPSA) is 84.1 Å². The Morgan fingerprint density at radius 2 is 1.96 bits per heavy atom. The third kappa shape index (κ3) is 4.27. The summed E-state index contributed by atoms with van der Waals surface area (Å²) < 4.78 is 0. The summed E-state index contributed by atoms with van der Waals surface area (Å²) in [7, 11) is 0. The number of nitrogens with two attached hydrogens (primary N) is 1. The molecule has 1 saturated carbocycles. The molecule has 0 radical (unpaired) electrons. The summed E-state index contributed by atoms with van der Waals surface area (Å²) in [6, 6.07) is 7.68. The van der Waals surface area contributed by atoms with Gasteiger partial charge in [0.25, 0.3) is 0 Å². The van der Waals surface area contributed by atoms with E-state index in [2.05, 4.69) is 21.3 Å². The molecule has 2 fully saturated rings. The van der Waals surface area contributed by atoms with Crippen molar-refractivity contribution < 1.29 is 4.79 Å². The zero-order valence-corrected chi connectivity index (χ0v) is 15.7. The highest BCUT2D eigenvalue weighted by atomic mass is 16.1. The lowest BCUT2D eigenvalue weighted by Gasteiger charge is -2.29. The molecule has 6 nitrogen and oxygen atoms in total. The molecule has 3 N–H and O–H groups in total. The molecule has 2 aromatic heterocycles. The molecule has 1 aliphatic heterocycles. The predicted octanol–water partition coefficient (Wildman–Crippen LogP) is 2.38. The van der Waals surface area contributed by atoms with Crippen LogP contribution < -0.4 is 16.0 Å². The summed E-state index contributed by atoms with van der Waals surface area (Å²) in [6.45, 7) is 3.58. The number of nitrogens with one attached hydrogen (secondary N) is 1. The Morgan fingerprint density at radius 1 is 1.19 bits per heavy atom. The largest absolute Gasteiger partial charge is 0.366 e. The van der Waals surface area contributed by atoms with Crippen LogP contribution in [-0.2, 0) is 6.42 Å². The van der Waals surface area contributed by atoms with Crippen LogP contribution in [0.15, 0.2) is 30.5 Å². The summed E-state index contributed by atoms with van der Waals surface area (Å²) in [5, 5.41) is 3.34. The van der Waals surface area contributed by atoms with Crippen LogP contribution in [0.4, 0.5) is 5.82 Å². The third-order valence-corrected chi connectivity index (χ3v) is 5.62. The van der Waals surface area contributed by atoms with Gasteiger partial charge in [0, 0.05) is 49.2 Å². The number of pyridine rings is 2. The van der Waals surface area contributed by atoms with Gasteiger partial charge in [0.05, 0.1) is 5.69 Å². The van der Waals surface area contributed by atoms with Crippen molar-refractivity contribution in [2.75, 3.05) is 31.1 Å². The number of nitrogens with zero attached hydrogens (tertiary/aromatic N) is 3. The highest BCUT2D eigenvalue weighted by Gasteiger charge is 2.18. The Labute approximate surface area is 160 Å². The molecule has 142 valence electrons. The molecular weight excluding hydrogens is 338 g/mol. The molecule has 0 unspecified atom stereocenters. The van der Waals surface area contributed by atoms with Gasteiger partial charge in [-0.3, -0.25) is 9.78 Å². The van der Waals surface area contributed by atoms with Crippen molar-refractivity contribution in [2.24, 2.45) is 11.7 Å². The van der Waals surface area contributed by atoms with Crippen LogP contribution in [0.3, 0.4) is 0 Å². The lowest BCUT2D eigenvalue weighted by molar-refractivity contribution is 0.1000. The monoisotopic (exact) mass is 365 g/mol. The van der Waals surface area contributed by atoms with Gasteiger partial charge in [0.2, 0.25) is 5.91 Å². The molecule has 0 atom stereocenters. The molecule has 0 spiro atoms. The van der Waals surface area contributed by atoms with Gasteiger partial charge in [0.1, 0.15) is 5.82 Å². The van der Waals surface area contributed by atoms with Crippen molar-refractivity contribution in [1.29, 1.82) is 0 Å². The maximum absolute atomic E-state index is 11.9. The molecule has 2 aliphatic rings. The van der Waals surface area contributed by atoms with Crippen LogP contribution in [0, 0.1) is 5.92 Å². The first-order chi connectivity index (χ1) is 13.2. The zero-order valence-electron chi connectivity index (χ0n) is 15.7. The first kappa shape index (κ1) is 17.9. The predicted molar refractivity (Wildman–Crippen MR) is 107 cm³/mol. The molecular formula is C21H27N5O. The molecule has 27 heavy (non-hydrogen) atoms. The number of anilines is 1. The zero-order chi connectivity index (χ0) is 18.6. The third-order valence-electron chi connectivity index (χ3n) is 5.62. The highest BCUT2D eigenvalue weighted by molar-refractivity contribution is 5.94. The van der Waals surface area contributed by atoms with Gasteiger partial charge < -0.3 is 16.0 Å². The van der Waals surface area contributed by atoms with Crippen LogP contribution in [0.2, 0.25) is 0 Å². The normalized spacial score (nSPS) is 18.0. The number of hydrogen-bond donors (Lipinski definition) is 2. The van der Waals surface area contributed by atoms with E-state index in [-0.39, 0.29) is 0 Å². The van der Waals surface area contributed by atoms with E-state index in [9.17, 15) is 4.79 Å². The molecule has 1 amide bonds. The SMILES string of the molecule is NC(=O)c1cc(-c2ccnc(CC3CCCC3)c2)nc(N2CCNCC2)c1. The molecule has 6 heteroatoms. The molecule has 0 bridgehead atoms. The van der Waals surface area contributed by atoms with Crippen molar-refractivity contribution in [1.82, 2.24) is 15.3 Å². The standard InChI is InChI=1S/C21H27N5O/c22-21(27)17-13-19(25-20(14-17)26-9-7-23-8-10-26)16-5-6-24-18(12-16)11-15-3-1-2-4-15/h5-6,12-15,23H,1-4,7-11H2,(H2,22,27). The lowest BCUT2D eigenvalue weighted by atomic mass is 10.00. The molecule has 1 aliphatic carbocycles. The van der Waals surface area contributed by atoms with E-state index in [4.69, 9.17) is 10.7 Å². The van der Waals surface area contributed by atoms with Gasteiger partial charge in [-0.2, -0.15) is 0 Å². The fourth-order valence-corrected chi connectivity index (χ4v) is 4.12. The van der Waals surface area contributed by atoms with Gasteiger partial charge >= 0.3 is 0 Å². The number of carbonyl (C=O) groups excluding carboxylic acids is 1. The second kappa shape index (κ2) is 8.05. The van der Waals surface area contributed by atoms with Gasteiger partial charge in [-0.05, 0) is 36.6 Å². The van der Waals surface area contributed by atoms with Crippen LogP contribution in [0.25, 0.3) is 11.3 Å². The maximum atomic E-state index is 11.9. The number of carbonyl (C=O) groups is 1. The fraction of sp³-hybridized carbons (Fsp3) is 0.476. The Kier molecular flexibility index (Phi) is 5.34. The van der Waals surface area contributed by atoms with E-state index in [0.717, 1.165) is 61.3 Å². The fourth-order valence-electron chi connectivity index (χ4n) is 4.12. The van der Waals surface area contributed by atoms with Gasteiger partial charge in [-0.1, -0.05) is 25.7 Å². The van der Waals surface area contributed by atoms with Crippen molar-refractivity contribution >= 4 is 11.7 Å². The van der Waals surface area contributed by atoms with Crippen LogP contribution in [0.1, 0.15) is 41.7 Å². The second-order valence-corrected chi connectivity index (χ2v) is 7.59. The number of aromatic nitrogens is 2. The van der Waals surface area contributed by atoms with Crippen molar-refractivity contribution in [2.45, 2.75) is 32.1 Å². The number of hydrogen-bond acceptors (Lipinski definition) is 5. The van der Waals surface area contributed by atoms with Crippen LogP contribution in [0.5, 0.6) is 0 Å². The quantitative estimate of drug-likeness (QED) is 0.850. The summed E-state index contributed by atoms with van der Waals surface area (Å²) in [5.74, 6) is 1.14. The minimum absolute atomic E-state index is 0.421. The van der Waals surface area contributed by atoms with E-state index in [1.54, 1.807) is 12.1 Å². The molecule has 4 rings (SSSR count). The van der Waals surface area contributed by atoms with Crippen LogP contribution >= 0.6 is 0 Å². The van der Waals surface area contributed by atoms with Gasteiger partial charge in [-0.25, -0.2) is 4.98 Å². The molecule has 1 saturated heterocycles. The number of piperazine rings is 1. The van der Waals surface area contributed by atoms with Crippen LogP contribution in [-0.4, -0.2) is 42.1 Å². The van der Waals surface area contributed by atoms with Gasteiger partial charge in [-0.15, -0.1) is 0 Å². The number of rotatable bonds is 5. The Bertz CT molecular complexity index is 810. The molecule has 2 aromatic rings. The van der Waals surface area contributed by atoms with E-state index in [1.807, 2.05) is 12.3 Å². The minimum Gasteiger partial charge on any atom is -0.366 e. The van der Waals surface area contributed by atoms with E-state index < -0.39 is 5.91 Å². The summed E-state index contributed by atoms with van der Waals surface area (Å²) >= 11 is 0. The van der Waals surface area contributed by atoms with Crippen molar-refractivity contribution in [3.8, 4) is 11.3 Å². The second-order valence-electron chi connectivity index (χ2n) is 7.59. The Hall–Kier alpha value is -2.47. The van der Waals surface area contributed by atoms with E-state index in [0.29, 0.717) is 5.56 Å².